The molecule has 0 atom stereocenters. The Hall–Kier alpha value is -1.93. The van der Waals surface area contributed by atoms with Crippen molar-refractivity contribution in [1.82, 2.24) is 28.9 Å². The largest absolute Gasteiger partial charge is 2.00 e. The molecule has 0 aliphatic carbocycles. The summed E-state index contributed by atoms with van der Waals surface area (Å²) in [6.07, 6.45) is 0. The van der Waals surface area contributed by atoms with Crippen LogP contribution in [0.4, 0.5) is 5.95 Å². The first kappa shape index (κ1) is 33.1. The number of nitrogens with zero attached hydrogens (tertiary/aromatic N) is 7. The molecule has 0 amide bonds. The van der Waals surface area contributed by atoms with Crippen molar-refractivity contribution in [2.75, 3.05) is 18.0 Å². The predicted octanol–water partition coefficient (Wildman–Crippen LogP) is 3.63. The van der Waals surface area contributed by atoms with E-state index in [4.69, 9.17) is 31.5 Å². The Morgan fingerprint density at radius 2 is 1.68 bits per heavy atom. The zero-order chi connectivity index (χ0) is 27.2. The van der Waals surface area contributed by atoms with Crippen molar-refractivity contribution in [1.29, 1.82) is 3.91 Å². The van der Waals surface area contributed by atoms with Crippen molar-refractivity contribution in [3.05, 3.63) is 68.8 Å². The summed E-state index contributed by atoms with van der Waals surface area (Å²) in [5, 5.41) is 8.95. The van der Waals surface area contributed by atoms with Gasteiger partial charge in [0.05, 0.1) is 10.0 Å². The molecule has 0 unspecified atom stereocenters. The van der Waals surface area contributed by atoms with Gasteiger partial charge in [0.25, 0.3) is 5.56 Å². The van der Waals surface area contributed by atoms with E-state index in [-0.39, 0.29) is 50.6 Å². The minimum absolute atomic E-state index is 0. The molecule has 0 saturated carbocycles. The van der Waals surface area contributed by atoms with Crippen molar-refractivity contribution >= 4 is 40.3 Å². The molecule has 0 fully saturated rings. The molecule has 11 nitrogen and oxygen atoms in total. The fourth-order valence-corrected chi connectivity index (χ4v) is 3.63. The van der Waals surface area contributed by atoms with Gasteiger partial charge in [0.2, 0.25) is 17.7 Å². The normalized spacial score (nSPS) is 10.2. The van der Waals surface area contributed by atoms with E-state index in [0.717, 1.165) is 24.2 Å². The Balaban J connectivity index is 0.00000131. The van der Waals surface area contributed by atoms with Gasteiger partial charge in [-0.25, -0.2) is 4.79 Å². The van der Waals surface area contributed by atoms with Crippen LogP contribution in [0.25, 0.3) is 22.6 Å². The fraction of sp³-hybridized carbons (Fsp3) is 0.318. The van der Waals surface area contributed by atoms with Gasteiger partial charge in [0.15, 0.2) is 11.2 Å². The van der Waals surface area contributed by atoms with Crippen LogP contribution >= 0.6 is 23.2 Å². The second-order valence-electron chi connectivity index (χ2n) is 6.99. The van der Waals surface area contributed by atoms with E-state index in [0.29, 0.717) is 34.6 Å². The van der Waals surface area contributed by atoms with Crippen molar-refractivity contribution in [3.8, 4) is 11.5 Å². The van der Waals surface area contributed by atoms with Crippen LogP contribution in [0.15, 0.2) is 32.2 Å². The van der Waals surface area contributed by atoms with Crippen LogP contribution in [0.1, 0.15) is 19.7 Å². The number of fused-ring (bicyclic) bond motifs is 1. The molecule has 0 aliphatic heterocycles. The summed E-state index contributed by atoms with van der Waals surface area (Å²) in [7, 11) is 2.97. The van der Waals surface area contributed by atoms with Crippen LogP contribution in [0.3, 0.4) is 0 Å². The maximum atomic E-state index is 13.0. The summed E-state index contributed by atoms with van der Waals surface area (Å²) in [4.78, 5) is 31.6. The first-order valence-electron chi connectivity index (χ1n) is 10.7. The van der Waals surface area contributed by atoms with Gasteiger partial charge in [0, 0.05) is 19.7 Å². The van der Waals surface area contributed by atoms with Gasteiger partial charge in [-0.15, -0.1) is 23.3 Å². The molecule has 0 bridgehead atoms. The van der Waals surface area contributed by atoms with E-state index >= 15 is 0 Å². The van der Waals surface area contributed by atoms with Gasteiger partial charge >= 0.3 is 50.3 Å². The van der Waals surface area contributed by atoms with Crippen molar-refractivity contribution in [2.45, 2.75) is 20.4 Å². The Bertz CT molecular complexity index is 1460. The predicted molar refractivity (Wildman–Crippen MR) is 136 cm³/mol. The molecular formula is C22H26Cl2N8O3W2. The van der Waals surface area contributed by atoms with E-state index in [1.165, 1.54) is 11.6 Å². The topological polar surface area (TPSA) is 128 Å². The first-order chi connectivity index (χ1) is 17.3. The summed E-state index contributed by atoms with van der Waals surface area (Å²) < 4.78 is 15.6. The van der Waals surface area contributed by atoms with E-state index < -0.39 is 11.2 Å². The second kappa shape index (κ2) is 14.9. The molecule has 15 heteroatoms. The molecule has 4 aromatic rings. The maximum absolute atomic E-state index is 13.0. The van der Waals surface area contributed by atoms with Crippen LogP contribution in [-0.4, -0.2) is 42.0 Å². The molecular weight excluding hydrogens is 863 g/mol. The minimum Gasteiger partial charge on any atom is 2.00 e. The smallest absolute Gasteiger partial charge is 2.00 e. The number of hydrogen-bond donors (Lipinski definition) is 1. The van der Waals surface area contributed by atoms with Crippen molar-refractivity contribution in [2.24, 2.45) is 14.1 Å². The number of rotatable bonds is 6. The third-order valence-corrected chi connectivity index (χ3v) is 5.82. The Morgan fingerprint density at radius 1 is 1.05 bits per heavy atom. The van der Waals surface area contributed by atoms with E-state index in [2.05, 4.69) is 29.0 Å². The van der Waals surface area contributed by atoms with E-state index in [1.54, 1.807) is 34.7 Å². The maximum Gasteiger partial charge on any atom is 2.00 e. The van der Waals surface area contributed by atoms with Gasteiger partial charge in [-0.2, -0.15) is 4.98 Å². The molecule has 3 heterocycles. The molecule has 0 aliphatic rings. The van der Waals surface area contributed by atoms with E-state index in [1.807, 2.05) is 13.8 Å². The van der Waals surface area contributed by atoms with E-state index in [9.17, 15) is 9.59 Å². The molecule has 1 aromatic carbocycles. The third-order valence-electron chi connectivity index (χ3n) is 5.08. The molecule has 4 rings (SSSR count). The van der Waals surface area contributed by atoms with Gasteiger partial charge in [-0.1, -0.05) is 37.0 Å². The van der Waals surface area contributed by atoms with Crippen LogP contribution < -0.4 is 16.1 Å². The monoisotopic (exact) mass is 888 g/mol. The summed E-state index contributed by atoms with van der Waals surface area (Å²) in [5.74, 6) is 0.893. The van der Waals surface area contributed by atoms with Crippen molar-refractivity contribution in [3.63, 3.8) is 0 Å². The molecule has 0 spiro atoms. The number of nitrogens with one attached hydrogen (secondary N) is 1. The Morgan fingerprint density at radius 3 is 2.24 bits per heavy atom. The van der Waals surface area contributed by atoms with Crippen LogP contribution in [0.5, 0.6) is 0 Å². The number of benzene rings is 1. The second-order valence-corrected chi connectivity index (χ2v) is 7.81. The first-order valence-corrected chi connectivity index (χ1v) is 13.0. The molecule has 198 valence electrons. The fourth-order valence-electron chi connectivity index (χ4n) is 3.34. The zero-order valence-corrected chi connectivity index (χ0v) is 28.1. The number of hydrogen-bond acceptors (Lipinski definition) is 8. The number of aryl methyl sites for hydroxylation is 1. The molecule has 0 saturated heterocycles. The quantitative estimate of drug-likeness (QED) is 0.293. The van der Waals surface area contributed by atoms with Gasteiger partial charge in [-0.3, -0.25) is 18.5 Å². The minimum atomic E-state index is -0.487. The van der Waals surface area contributed by atoms with Crippen LogP contribution in [-0.2, 0) is 61.3 Å². The standard InChI is InChI=1S/C20H19Cl2N7O3.C2H6.HN.2W/c1-5-28(6-2)19-23-16-15(18(30)27(4)20(31)26(16)3)29(19)10-14-24-25-17(32-14)11-7-8-12(21)13(22)9-11;1-2;;;/h7-9H,1-2,5-6,10H2,3-4H3;1-2H3;1H;;/q-2;;;;+2. The Labute approximate surface area is 249 Å². The van der Waals surface area contributed by atoms with Gasteiger partial charge in [-0.05, 0) is 18.2 Å². The number of imidazole rings is 1. The number of anilines is 1. The van der Waals surface area contributed by atoms with Gasteiger partial charge < -0.3 is 23.2 Å². The molecule has 1 N–H and O–H groups in total. The molecule has 0 radical (unpaired) electrons. The average Bonchev–Trinajstić information content (AvgIpc) is 3.52. The summed E-state index contributed by atoms with van der Waals surface area (Å²) in [6, 6.07) is 4.97. The zero-order valence-electron chi connectivity index (χ0n) is 20.7. The Kier molecular flexibility index (Phi) is 13.3. The summed E-state index contributed by atoms with van der Waals surface area (Å²) in [5.41, 5.74) is 0.104. The van der Waals surface area contributed by atoms with Gasteiger partial charge in [0.1, 0.15) is 6.54 Å². The number of aromatic nitrogens is 6. The SMILES string of the molecule is CC.[CH2-]CN(C[CH2-])c1nc2c(c(=O)n(C)c(=O)n2C)n1Cc1nnc(-c2ccc(Cl)c(Cl)c2)o1.[NH]=[W].[W+2]. The third kappa shape index (κ3) is 6.74. The summed E-state index contributed by atoms with van der Waals surface area (Å²) in [6.45, 7) is 12.5. The van der Waals surface area contributed by atoms with Crippen molar-refractivity contribution < 1.29 is 45.1 Å². The van der Waals surface area contributed by atoms with Crippen LogP contribution in [0.2, 0.25) is 10.0 Å². The average molecular weight is 889 g/mol. The van der Waals surface area contributed by atoms with Crippen LogP contribution in [0, 0.1) is 17.8 Å². The molecule has 3 aromatic heterocycles. The number of halogens is 2. The molecule has 37 heavy (non-hydrogen) atoms. The summed E-state index contributed by atoms with van der Waals surface area (Å²) >= 11 is 12.9.